The number of ether oxygens (including phenoxy) is 1. The minimum atomic E-state index is -1.10. The highest BCUT2D eigenvalue weighted by Gasteiger charge is 2.32. The molecule has 37 heavy (non-hydrogen) atoms. The van der Waals surface area contributed by atoms with Crippen LogP contribution in [0.2, 0.25) is 0 Å². The number of rotatable bonds is 7. The van der Waals surface area contributed by atoms with Crippen molar-refractivity contribution in [3.8, 4) is 6.07 Å². The van der Waals surface area contributed by atoms with E-state index in [2.05, 4.69) is 10.6 Å². The minimum absolute atomic E-state index is 0.350. The van der Waals surface area contributed by atoms with Gasteiger partial charge in [0.2, 0.25) is 5.91 Å². The Morgan fingerprint density at radius 3 is 2.32 bits per heavy atom. The SMILES string of the molecule is Cc1ccc(C(C(=O)Nc2ccc3ccccc3c2)N(CC#N)C(=O)CNC(=O)OC(C)(C)C)cc1C. The first-order valence-corrected chi connectivity index (χ1v) is 12.0. The molecular formula is C29H32N4O4. The van der Waals surface area contributed by atoms with Gasteiger partial charge in [-0.2, -0.15) is 5.26 Å². The van der Waals surface area contributed by atoms with E-state index in [-0.39, 0.29) is 6.54 Å². The summed E-state index contributed by atoms with van der Waals surface area (Å²) in [5.74, 6) is -1.07. The van der Waals surface area contributed by atoms with Crippen LogP contribution in [-0.2, 0) is 14.3 Å². The molecule has 3 aromatic rings. The Kier molecular flexibility index (Phi) is 8.51. The Balaban J connectivity index is 1.92. The van der Waals surface area contributed by atoms with E-state index in [1.54, 1.807) is 32.9 Å². The van der Waals surface area contributed by atoms with Crippen molar-refractivity contribution in [2.24, 2.45) is 0 Å². The van der Waals surface area contributed by atoms with Crippen molar-refractivity contribution >= 4 is 34.4 Å². The first-order chi connectivity index (χ1) is 17.5. The summed E-state index contributed by atoms with van der Waals surface area (Å²) in [6.07, 6.45) is -0.763. The maximum atomic E-state index is 13.7. The van der Waals surface area contributed by atoms with E-state index >= 15 is 0 Å². The number of benzene rings is 3. The van der Waals surface area contributed by atoms with Crippen molar-refractivity contribution in [2.45, 2.75) is 46.3 Å². The van der Waals surface area contributed by atoms with Crippen LogP contribution in [0.1, 0.15) is 43.5 Å². The Hall–Kier alpha value is -4.38. The summed E-state index contributed by atoms with van der Waals surface area (Å²) in [5.41, 5.74) is 2.36. The van der Waals surface area contributed by atoms with E-state index in [1.165, 1.54) is 0 Å². The van der Waals surface area contributed by atoms with Gasteiger partial charge in [0.25, 0.3) is 5.91 Å². The van der Waals surface area contributed by atoms with Crippen LogP contribution < -0.4 is 10.6 Å². The largest absolute Gasteiger partial charge is 0.444 e. The van der Waals surface area contributed by atoms with Gasteiger partial charge < -0.3 is 20.3 Å². The molecule has 0 radical (unpaired) electrons. The summed E-state index contributed by atoms with van der Waals surface area (Å²) in [7, 11) is 0. The van der Waals surface area contributed by atoms with Gasteiger partial charge in [0.05, 0.1) is 6.07 Å². The smallest absolute Gasteiger partial charge is 0.408 e. The van der Waals surface area contributed by atoms with E-state index < -0.39 is 36.1 Å². The molecule has 1 unspecified atom stereocenters. The summed E-state index contributed by atoms with van der Waals surface area (Å²) < 4.78 is 5.20. The third-order valence-electron chi connectivity index (χ3n) is 5.77. The number of alkyl carbamates (subject to hydrolysis) is 1. The third-order valence-corrected chi connectivity index (χ3v) is 5.77. The number of nitrogens with zero attached hydrogens (tertiary/aromatic N) is 2. The number of hydrogen-bond donors (Lipinski definition) is 2. The number of amides is 3. The zero-order valence-corrected chi connectivity index (χ0v) is 21.8. The lowest BCUT2D eigenvalue weighted by atomic mass is 9.98. The molecule has 8 nitrogen and oxygen atoms in total. The molecule has 0 aliphatic heterocycles. The molecule has 0 saturated carbocycles. The molecule has 2 N–H and O–H groups in total. The lowest BCUT2D eigenvalue weighted by Crippen LogP contribution is -2.46. The van der Waals surface area contributed by atoms with Crippen LogP contribution in [0.25, 0.3) is 10.8 Å². The Labute approximate surface area is 217 Å². The maximum Gasteiger partial charge on any atom is 0.408 e. The Bertz CT molecular complexity index is 1350. The van der Waals surface area contributed by atoms with Crippen molar-refractivity contribution in [1.29, 1.82) is 5.26 Å². The normalized spacial score (nSPS) is 11.8. The monoisotopic (exact) mass is 500 g/mol. The molecule has 3 aromatic carbocycles. The van der Waals surface area contributed by atoms with E-state index in [9.17, 15) is 19.6 Å². The molecule has 3 amide bonds. The van der Waals surface area contributed by atoms with Gasteiger partial charge in [0.1, 0.15) is 24.7 Å². The summed E-state index contributed by atoms with van der Waals surface area (Å²) in [5, 5.41) is 16.8. The van der Waals surface area contributed by atoms with Crippen LogP contribution in [0.15, 0.2) is 60.7 Å². The van der Waals surface area contributed by atoms with Crippen molar-refractivity contribution in [3.63, 3.8) is 0 Å². The highest BCUT2D eigenvalue weighted by Crippen LogP contribution is 2.26. The number of carbonyl (C=O) groups excluding carboxylic acids is 3. The van der Waals surface area contributed by atoms with Gasteiger partial charge in [0.15, 0.2) is 0 Å². The van der Waals surface area contributed by atoms with Crippen LogP contribution >= 0.6 is 0 Å². The first kappa shape index (κ1) is 27.2. The van der Waals surface area contributed by atoms with Gasteiger partial charge >= 0.3 is 6.09 Å². The fourth-order valence-electron chi connectivity index (χ4n) is 3.85. The third kappa shape index (κ3) is 7.31. The van der Waals surface area contributed by atoms with Crippen LogP contribution in [0.5, 0.6) is 0 Å². The lowest BCUT2D eigenvalue weighted by Gasteiger charge is -2.30. The molecule has 0 spiro atoms. The van der Waals surface area contributed by atoms with E-state index in [4.69, 9.17) is 4.74 Å². The molecule has 0 fully saturated rings. The van der Waals surface area contributed by atoms with Gasteiger partial charge in [-0.1, -0.05) is 48.5 Å². The van der Waals surface area contributed by atoms with Crippen molar-refractivity contribution < 1.29 is 19.1 Å². The van der Waals surface area contributed by atoms with E-state index in [1.807, 2.05) is 68.4 Å². The molecule has 3 rings (SSSR count). The number of nitrogens with one attached hydrogen (secondary N) is 2. The quantitative estimate of drug-likeness (QED) is 0.443. The molecule has 0 aromatic heterocycles. The highest BCUT2D eigenvalue weighted by molar-refractivity contribution is 6.00. The first-order valence-electron chi connectivity index (χ1n) is 12.0. The Morgan fingerprint density at radius 1 is 0.973 bits per heavy atom. The summed E-state index contributed by atoms with van der Waals surface area (Å²) in [4.78, 5) is 40.2. The second kappa shape index (κ2) is 11.6. The van der Waals surface area contributed by atoms with Crippen LogP contribution in [-0.4, -0.2) is 41.5 Å². The van der Waals surface area contributed by atoms with Crippen LogP contribution in [0.4, 0.5) is 10.5 Å². The van der Waals surface area contributed by atoms with Crippen molar-refractivity contribution in [2.75, 3.05) is 18.4 Å². The predicted octanol–water partition coefficient (Wildman–Crippen LogP) is 5.01. The predicted molar refractivity (Wildman–Crippen MR) is 143 cm³/mol. The fraction of sp³-hybridized carbons (Fsp3) is 0.310. The molecule has 8 heteroatoms. The summed E-state index contributed by atoms with van der Waals surface area (Å²) in [6, 6.07) is 19.7. The van der Waals surface area contributed by atoms with Gasteiger partial charge in [-0.3, -0.25) is 9.59 Å². The molecule has 0 aliphatic carbocycles. The average molecular weight is 501 g/mol. The molecule has 0 heterocycles. The minimum Gasteiger partial charge on any atom is -0.444 e. The summed E-state index contributed by atoms with van der Waals surface area (Å²) >= 11 is 0. The van der Waals surface area contributed by atoms with Gasteiger partial charge in [-0.15, -0.1) is 0 Å². The van der Waals surface area contributed by atoms with E-state index in [0.717, 1.165) is 26.8 Å². The zero-order chi connectivity index (χ0) is 27.2. The van der Waals surface area contributed by atoms with Gasteiger partial charge in [0, 0.05) is 5.69 Å². The van der Waals surface area contributed by atoms with Crippen LogP contribution in [0, 0.1) is 25.2 Å². The van der Waals surface area contributed by atoms with Crippen LogP contribution in [0.3, 0.4) is 0 Å². The molecule has 0 bridgehead atoms. The molecule has 0 saturated heterocycles. The highest BCUT2D eigenvalue weighted by atomic mass is 16.6. The Morgan fingerprint density at radius 2 is 1.68 bits per heavy atom. The topological polar surface area (TPSA) is 112 Å². The van der Waals surface area contributed by atoms with Gasteiger partial charge in [-0.25, -0.2) is 4.79 Å². The standard InChI is InChI=1S/C29H32N4O4/c1-19-10-11-23(16-20(19)2)26(27(35)32-24-13-12-21-8-6-7-9-22(21)17-24)33(15-14-30)25(34)18-31-28(36)37-29(3,4)5/h6-13,16-17,26H,15,18H2,1-5H3,(H,31,36)(H,32,35). The fourth-order valence-corrected chi connectivity index (χ4v) is 3.85. The zero-order valence-electron chi connectivity index (χ0n) is 21.8. The lowest BCUT2D eigenvalue weighted by molar-refractivity contribution is -0.137. The molecule has 0 aliphatic rings. The number of hydrogen-bond acceptors (Lipinski definition) is 5. The molecule has 192 valence electrons. The number of fused-ring (bicyclic) bond motifs is 1. The maximum absolute atomic E-state index is 13.7. The molecule has 1 atom stereocenters. The molecular weight excluding hydrogens is 468 g/mol. The van der Waals surface area contributed by atoms with Gasteiger partial charge in [-0.05, 0) is 74.2 Å². The average Bonchev–Trinajstić information content (AvgIpc) is 2.83. The van der Waals surface area contributed by atoms with Crippen molar-refractivity contribution in [3.05, 3.63) is 77.4 Å². The van der Waals surface area contributed by atoms with E-state index in [0.29, 0.717) is 11.3 Å². The van der Waals surface area contributed by atoms with Crippen molar-refractivity contribution in [1.82, 2.24) is 10.2 Å². The number of nitriles is 1. The number of carbonyl (C=O) groups is 3. The summed E-state index contributed by atoms with van der Waals surface area (Å²) in [6.45, 7) is 8.22. The second-order valence-electron chi connectivity index (χ2n) is 9.83. The second-order valence-corrected chi connectivity index (χ2v) is 9.83. The number of anilines is 1. The number of aryl methyl sites for hydroxylation is 2.